The van der Waals surface area contributed by atoms with E-state index in [1.165, 1.54) is 0 Å². The Balaban J connectivity index is 1.80. The van der Waals surface area contributed by atoms with E-state index in [9.17, 15) is 9.59 Å². The van der Waals surface area contributed by atoms with Crippen molar-refractivity contribution in [3.8, 4) is 5.75 Å². The molecule has 0 unspecified atom stereocenters. The van der Waals surface area contributed by atoms with Crippen LogP contribution in [-0.2, 0) is 16.1 Å². The fourth-order valence-corrected chi connectivity index (χ4v) is 2.60. The summed E-state index contributed by atoms with van der Waals surface area (Å²) in [6, 6.07) is 7.03. The lowest BCUT2D eigenvalue weighted by atomic mass is 9.93. The predicted octanol–water partition coefficient (Wildman–Crippen LogP) is 1.90. The number of carbonyl (C=O) groups excluding carboxylic acids is 2. The summed E-state index contributed by atoms with van der Waals surface area (Å²) in [6.45, 7) is 4.14. The topological polar surface area (TPSA) is 76.5 Å². The fourth-order valence-electron chi connectivity index (χ4n) is 2.60. The third kappa shape index (κ3) is 3.10. The number of nitrogens with one attached hydrogen (secondary N) is 1. The molecular weight excluding hydrogens is 308 g/mol. The zero-order valence-corrected chi connectivity index (χ0v) is 13.9. The second kappa shape index (κ2) is 5.99. The summed E-state index contributed by atoms with van der Waals surface area (Å²) in [6.07, 6.45) is 3.34. The minimum Gasteiger partial charge on any atom is -0.490 e. The Bertz CT molecular complexity index is 768. The predicted molar refractivity (Wildman–Crippen MR) is 90.0 cm³/mol. The molecule has 2 aromatic rings. The van der Waals surface area contributed by atoms with Gasteiger partial charge in [-0.05, 0) is 38.1 Å². The first-order valence-corrected chi connectivity index (χ1v) is 7.69. The number of carbonyl (C=O) groups is 2. The maximum Gasteiger partial charge on any atom is 0.246 e. The van der Waals surface area contributed by atoms with E-state index < -0.39 is 5.41 Å². The van der Waals surface area contributed by atoms with E-state index in [-0.39, 0.29) is 18.4 Å². The first kappa shape index (κ1) is 16.0. The zero-order chi connectivity index (χ0) is 17.3. The summed E-state index contributed by atoms with van der Waals surface area (Å²) < 4.78 is 7.30. The van der Waals surface area contributed by atoms with E-state index in [1.807, 2.05) is 13.8 Å². The second-order valence-corrected chi connectivity index (χ2v) is 6.47. The van der Waals surface area contributed by atoms with Crippen molar-refractivity contribution in [2.75, 3.05) is 23.9 Å². The van der Waals surface area contributed by atoms with Gasteiger partial charge in [0.25, 0.3) is 0 Å². The molecule has 0 atom stereocenters. The van der Waals surface area contributed by atoms with Crippen molar-refractivity contribution in [1.82, 2.24) is 9.78 Å². The highest BCUT2D eigenvalue weighted by Gasteiger charge is 2.36. The third-order valence-electron chi connectivity index (χ3n) is 3.94. The zero-order valence-electron chi connectivity index (χ0n) is 13.9. The Morgan fingerprint density at radius 2 is 2.21 bits per heavy atom. The van der Waals surface area contributed by atoms with Crippen LogP contribution >= 0.6 is 0 Å². The highest BCUT2D eigenvalue weighted by molar-refractivity contribution is 6.00. The van der Waals surface area contributed by atoms with Gasteiger partial charge in [-0.2, -0.15) is 5.10 Å². The van der Waals surface area contributed by atoms with Crippen LogP contribution in [0.15, 0.2) is 36.7 Å². The van der Waals surface area contributed by atoms with E-state index >= 15 is 0 Å². The standard InChI is InChI=1S/C17H20N4O3/c1-17(2)11-24-14-6-5-12(9-13(14)20(3)16(17)23)19-15(22)10-21-8-4-7-18-21/h4-9H,10-11H2,1-3H3,(H,19,22). The normalized spacial score (nSPS) is 16.1. The molecule has 0 aliphatic carbocycles. The molecule has 0 saturated heterocycles. The molecule has 7 nitrogen and oxygen atoms in total. The van der Waals surface area contributed by atoms with Crippen molar-refractivity contribution in [3.63, 3.8) is 0 Å². The van der Waals surface area contributed by atoms with Crippen LogP contribution in [0.25, 0.3) is 0 Å². The number of aromatic nitrogens is 2. The van der Waals surface area contributed by atoms with Gasteiger partial charge in [0.15, 0.2) is 0 Å². The van der Waals surface area contributed by atoms with Crippen LogP contribution in [-0.4, -0.2) is 35.2 Å². The van der Waals surface area contributed by atoms with Crippen molar-refractivity contribution < 1.29 is 14.3 Å². The van der Waals surface area contributed by atoms with Gasteiger partial charge in [-0.3, -0.25) is 14.3 Å². The highest BCUT2D eigenvalue weighted by Crippen LogP contribution is 2.37. The summed E-state index contributed by atoms with van der Waals surface area (Å²) in [4.78, 5) is 26.2. The lowest BCUT2D eigenvalue weighted by molar-refractivity contribution is -0.127. The number of hydrogen-bond acceptors (Lipinski definition) is 4. The molecular formula is C17H20N4O3. The molecule has 0 saturated carbocycles. The molecule has 1 aliphatic rings. The van der Waals surface area contributed by atoms with Gasteiger partial charge in [-0.25, -0.2) is 0 Å². The van der Waals surface area contributed by atoms with Crippen LogP contribution in [0, 0.1) is 5.41 Å². The van der Waals surface area contributed by atoms with Crippen molar-refractivity contribution in [2.24, 2.45) is 5.41 Å². The minimum atomic E-state index is -0.600. The molecule has 1 N–H and O–H groups in total. The van der Waals surface area contributed by atoms with Gasteiger partial charge in [-0.1, -0.05) is 0 Å². The number of amides is 2. The molecule has 0 spiro atoms. The lowest BCUT2D eigenvalue weighted by Crippen LogP contribution is -2.39. The average Bonchev–Trinajstić information content (AvgIpc) is 3.02. The number of anilines is 2. The van der Waals surface area contributed by atoms with Gasteiger partial charge in [0.2, 0.25) is 11.8 Å². The minimum absolute atomic E-state index is 0.0266. The lowest BCUT2D eigenvalue weighted by Gasteiger charge is -2.24. The van der Waals surface area contributed by atoms with E-state index in [0.717, 1.165) is 0 Å². The summed E-state index contributed by atoms with van der Waals surface area (Å²) >= 11 is 0. The van der Waals surface area contributed by atoms with E-state index in [4.69, 9.17) is 4.74 Å². The Morgan fingerprint density at radius 1 is 1.42 bits per heavy atom. The summed E-state index contributed by atoms with van der Waals surface area (Å²) in [7, 11) is 1.72. The Kier molecular flexibility index (Phi) is 4.01. The molecule has 7 heteroatoms. The Labute approximate surface area is 140 Å². The van der Waals surface area contributed by atoms with E-state index in [0.29, 0.717) is 23.7 Å². The summed E-state index contributed by atoms with van der Waals surface area (Å²) in [5.41, 5.74) is 0.647. The van der Waals surface area contributed by atoms with E-state index in [2.05, 4.69) is 10.4 Å². The number of nitrogens with zero attached hydrogens (tertiary/aromatic N) is 3. The SMILES string of the molecule is CN1C(=O)C(C)(C)COc2ccc(NC(=O)Cn3cccn3)cc21. The number of benzene rings is 1. The molecule has 24 heavy (non-hydrogen) atoms. The Morgan fingerprint density at radius 3 is 2.92 bits per heavy atom. The maximum absolute atomic E-state index is 12.5. The van der Waals surface area contributed by atoms with Gasteiger partial charge >= 0.3 is 0 Å². The fraction of sp³-hybridized carbons (Fsp3) is 0.353. The number of hydrogen-bond donors (Lipinski definition) is 1. The molecule has 1 aromatic heterocycles. The second-order valence-electron chi connectivity index (χ2n) is 6.47. The van der Waals surface area contributed by atoms with Crippen LogP contribution in [0.1, 0.15) is 13.8 Å². The van der Waals surface area contributed by atoms with Crippen molar-refractivity contribution in [2.45, 2.75) is 20.4 Å². The molecule has 1 aliphatic heterocycles. The van der Waals surface area contributed by atoms with Gasteiger partial charge in [0.05, 0.1) is 11.1 Å². The highest BCUT2D eigenvalue weighted by atomic mass is 16.5. The first-order chi connectivity index (χ1) is 11.4. The van der Waals surface area contributed by atoms with Crippen molar-refractivity contribution in [3.05, 3.63) is 36.7 Å². The van der Waals surface area contributed by atoms with Gasteiger partial charge < -0.3 is 15.0 Å². The quantitative estimate of drug-likeness (QED) is 0.934. The number of rotatable bonds is 3. The summed E-state index contributed by atoms with van der Waals surface area (Å²) in [5.74, 6) is 0.408. The summed E-state index contributed by atoms with van der Waals surface area (Å²) in [5, 5.41) is 6.81. The van der Waals surface area contributed by atoms with Crippen LogP contribution in [0.4, 0.5) is 11.4 Å². The van der Waals surface area contributed by atoms with Crippen LogP contribution in [0.3, 0.4) is 0 Å². The van der Waals surface area contributed by atoms with Crippen LogP contribution < -0.4 is 15.0 Å². The number of fused-ring (bicyclic) bond motifs is 1. The van der Waals surface area contributed by atoms with Crippen LogP contribution in [0.5, 0.6) is 5.75 Å². The van der Waals surface area contributed by atoms with Gasteiger partial charge in [0.1, 0.15) is 18.9 Å². The molecule has 1 aromatic carbocycles. The molecule has 3 rings (SSSR count). The van der Waals surface area contributed by atoms with Gasteiger partial charge in [0, 0.05) is 25.1 Å². The van der Waals surface area contributed by atoms with Crippen molar-refractivity contribution >= 4 is 23.2 Å². The monoisotopic (exact) mass is 328 g/mol. The average molecular weight is 328 g/mol. The number of ether oxygens (including phenoxy) is 1. The first-order valence-electron chi connectivity index (χ1n) is 7.69. The molecule has 0 bridgehead atoms. The van der Waals surface area contributed by atoms with Gasteiger partial charge in [-0.15, -0.1) is 0 Å². The van der Waals surface area contributed by atoms with Crippen molar-refractivity contribution in [1.29, 1.82) is 0 Å². The van der Waals surface area contributed by atoms with Crippen LogP contribution in [0.2, 0.25) is 0 Å². The molecule has 2 heterocycles. The molecule has 126 valence electrons. The third-order valence-corrected chi connectivity index (χ3v) is 3.94. The smallest absolute Gasteiger partial charge is 0.246 e. The Hall–Kier alpha value is -2.83. The molecule has 2 amide bonds. The molecule has 0 radical (unpaired) electrons. The van der Waals surface area contributed by atoms with E-state index in [1.54, 1.807) is 53.3 Å². The maximum atomic E-state index is 12.5. The largest absolute Gasteiger partial charge is 0.490 e. The molecule has 0 fully saturated rings.